The second kappa shape index (κ2) is 8.59. The Bertz CT molecular complexity index is 1200. The summed E-state index contributed by atoms with van der Waals surface area (Å²) in [5, 5.41) is 10.8. The van der Waals surface area contributed by atoms with Gasteiger partial charge in [0.15, 0.2) is 17.1 Å². The van der Waals surface area contributed by atoms with Gasteiger partial charge in [-0.15, -0.1) is 0 Å². The van der Waals surface area contributed by atoms with Crippen molar-refractivity contribution in [1.29, 1.82) is 0 Å². The van der Waals surface area contributed by atoms with E-state index in [-0.39, 0.29) is 30.5 Å². The Morgan fingerprint density at radius 2 is 2.00 bits per heavy atom. The summed E-state index contributed by atoms with van der Waals surface area (Å²) in [4.78, 5) is 41.5. The number of thioether (sulfide) groups is 1. The normalized spacial score (nSPS) is 44.5. The van der Waals surface area contributed by atoms with Crippen LogP contribution in [-0.2, 0) is 14.3 Å². The smallest absolute Gasteiger partial charge is 0.355 e. The van der Waals surface area contributed by atoms with Gasteiger partial charge in [0.25, 0.3) is 0 Å². The molecule has 3 saturated carbocycles. The van der Waals surface area contributed by atoms with Gasteiger partial charge in [-0.2, -0.15) is 0 Å². The molecule has 5 rings (SSSR count). The van der Waals surface area contributed by atoms with Crippen molar-refractivity contribution in [3.63, 3.8) is 0 Å². The Labute approximate surface area is 217 Å². The van der Waals surface area contributed by atoms with Crippen LogP contribution in [0.3, 0.4) is 0 Å². The van der Waals surface area contributed by atoms with E-state index in [1.807, 2.05) is 0 Å². The summed E-state index contributed by atoms with van der Waals surface area (Å²) < 4.78 is 52.5. The molecule has 200 valence electrons. The van der Waals surface area contributed by atoms with E-state index in [0.717, 1.165) is 6.08 Å². The van der Waals surface area contributed by atoms with E-state index in [1.165, 1.54) is 31.3 Å². The number of H-pyrrole nitrogens is 1. The van der Waals surface area contributed by atoms with Crippen LogP contribution in [0.2, 0.25) is 0 Å². The zero-order chi connectivity index (χ0) is 27.0. The zero-order valence-electron chi connectivity index (χ0n) is 20.8. The molecule has 1 heterocycles. The van der Waals surface area contributed by atoms with Crippen LogP contribution in [0.5, 0.6) is 0 Å². The standard InChI is InChI=1S/C27H30F3NO5S/c1-14-9-16-17-11-19(29)18-10-15(32)6-7-24(18,2)26(17,30)21(33)12-25(16,3)27(14,23(35)37-13-28)36-22(34)20-5-4-8-31-20/h4-8,10,14,16-17,19,21,31,33H,9,11-13H2,1-3H3/t14-,16+,17+,19+,21+,24+,25+,26+,27+/m1/s1. The predicted molar refractivity (Wildman–Crippen MR) is 131 cm³/mol. The first-order valence-corrected chi connectivity index (χ1v) is 13.4. The van der Waals surface area contributed by atoms with Crippen LogP contribution in [0, 0.1) is 28.6 Å². The molecule has 10 heteroatoms. The molecular weight excluding hydrogens is 507 g/mol. The summed E-state index contributed by atoms with van der Waals surface area (Å²) in [6.45, 7) is 4.84. The van der Waals surface area contributed by atoms with Crippen molar-refractivity contribution in [2.45, 2.75) is 63.6 Å². The summed E-state index contributed by atoms with van der Waals surface area (Å²) in [5.74, 6) is -3.64. The number of ketones is 1. The van der Waals surface area contributed by atoms with E-state index in [1.54, 1.807) is 19.9 Å². The number of carbonyl (C=O) groups is 3. The highest BCUT2D eigenvalue weighted by Gasteiger charge is 2.78. The van der Waals surface area contributed by atoms with Crippen molar-refractivity contribution in [3.8, 4) is 0 Å². The molecule has 0 aromatic carbocycles. The van der Waals surface area contributed by atoms with Crippen molar-refractivity contribution >= 4 is 28.6 Å². The second-order valence-electron chi connectivity index (χ2n) is 11.2. The Morgan fingerprint density at radius 1 is 1.27 bits per heavy atom. The molecule has 4 aliphatic rings. The van der Waals surface area contributed by atoms with Crippen molar-refractivity contribution in [2.24, 2.45) is 28.6 Å². The largest absolute Gasteiger partial charge is 0.444 e. The van der Waals surface area contributed by atoms with E-state index in [9.17, 15) is 23.9 Å². The van der Waals surface area contributed by atoms with E-state index < -0.39 is 75.0 Å². The molecule has 9 atom stereocenters. The molecule has 3 fully saturated rings. The van der Waals surface area contributed by atoms with Crippen LogP contribution in [0.4, 0.5) is 13.2 Å². The number of fused-ring (bicyclic) bond motifs is 5. The maximum absolute atomic E-state index is 17.4. The molecule has 37 heavy (non-hydrogen) atoms. The number of esters is 1. The molecule has 0 amide bonds. The predicted octanol–water partition coefficient (Wildman–Crippen LogP) is 4.66. The summed E-state index contributed by atoms with van der Waals surface area (Å²) in [6, 6.07) is 2.01. The Hall–Kier alpha value is -2.33. The van der Waals surface area contributed by atoms with Crippen molar-refractivity contribution in [2.75, 3.05) is 6.01 Å². The SMILES string of the molecule is C[C@@H]1C[C@H]2[C@@H]3C[C@H](F)C4=CC(=O)C=C[C@]4(C)[C@@]3(F)[C@@H](O)C[C@]2(C)[C@@]1(OC(=O)c1ccc[nH]1)C(=O)SCF. The fourth-order valence-electron chi connectivity index (χ4n) is 8.03. The first-order chi connectivity index (χ1) is 17.4. The van der Waals surface area contributed by atoms with Gasteiger partial charge in [0, 0.05) is 28.9 Å². The monoisotopic (exact) mass is 537 g/mol. The molecule has 0 aliphatic heterocycles. The third-order valence-corrected chi connectivity index (χ3v) is 10.4. The molecule has 6 nitrogen and oxygen atoms in total. The quantitative estimate of drug-likeness (QED) is 0.543. The number of aromatic amines is 1. The Balaban J connectivity index is 1.64. The lowest BCUT2D eigenvalue weighted by molar-refractivity contribution is -0.221. The fraction of sp³-hybridized carbons (Fsp3) is 0.593. The lowest BCUT2D eigenvalue weighted by atomic mass is 9.44. The number of hydrogen-bond donors (Lipinski definition) is 2. The number of allylic oxidation sites excluding steroid dienone is 4. The van der Waals surface area contributed by atoms with Gasteiger partial charge in [-0.1, -0.05) is 19.9 Å². The van der Waals surface area contributed by atoms with Crippen LogP contribution in [0.1, 0.15) is 50.5 Å². The van der Waals surface area contributed by atoms with E-state index >= 15 is 8.78 Å². The second-order valence-corrected chi connectivity index (χ2v) is 12.1. The fourth-order valence-corrected chi connectivity index (χ4v) is 8.82. The minimum Gasteiger partial charge on any atom is -0.444 e. The average molecular weight is 538 g/mol. The van der Waals surface area contributed by atoms with E-state index in [2.05, 4.69) is 4.98 Å². The minimum atomic E-state index is -2.33. The summed E-state index contributed by atoms with van der Waals surface area (Å²) >= 11 is 0.372. The number of aromatic nitrogens is 1. The number of nitrogens with one attached hydrogen (secondary N) is 1. The van der Waals surface area contributed by atoms with E-state index in [4.69, 9.17) is 4.74 Å². The van der Waals surface area contributed by atoms with Gasteiger partial charge in [-0.05, 0) is 73.7 Å². The highest BCUT2D eigenvalue weighted by Crippen LogP contribution is 2.72. The van der Waals surface area contributed by atoms with Gasteiger partial charge in [0.05, 0.1) is 6.10 Å². The third-order valence-electron chi connectivity index (χ3n) is 9.73. The lowest BCUT2D eigenvalue weighted by Crippen LogP contribution is -2.70. The molecule has 1 aromatic heterocycles. The van der Waals surface area contributed by atoms with Crippen molar-refractivity contribution in [1.82, 2.24) is 4.98 Å². The van der Waals surface area contributed by atoms with Crippen LogP contribution < -0.4 is 0 Å². The number of hydrogen-bond acceptors (Lipinski definition) is 6. The zero-order valence-corrected chi connectivity index (χ0v) is 21.6. The maximum atomic E-state index is 17.4. The van der Waals surface area contributed by atoms with Gasteiger partial charge in [0.2, 0.25) is 5.12 Å². The number of halogens is 3. The topological polar surface area (TPSA) is 96.5 Å². The highest BCUT2D eigenvalue weighted by molar-refractivity contribution is 8.13. The van der Waals surface area contributed by atoms with Gasteiger partial charge < -0.3 is 14.8 Å². The molecule has 0 unspecified atom stereocenters. The molecule has 4 aliphatic carbocycles. The number of alkyl halides is 3. The molecule has 2 N–H and O–H groups in total. The molecular formula is C27H30F3NO5S. The minimum absolute atomic E-state index is 0.000876. The Kier molecular flexibility index (Phi) is 6.10. The molecule has 1 aromatic rings. The number of aliphatic hydroxyl groups is 1. The van der Waals surface area contributed by atoms with Gasteiger partial charge >= 0.3 is 5.97 Å². The first-order valence-electron chi connectivity index (χ1n) is 12.4. The van der Waals surface area contributed by atoms with Gasteiger partial charge in [0.1, 0.15) is 17.9 Å². The maximum Gasteiger partial charge on any atom is 0.355 e. The van der Waals surface area contributed by atoms with Crippen LogP contribution in [0.25, 0.3) is 0 Å². The van der Waals surface area contributed by atoms with Crippen molar-refractivity contribution < 1.29 is 37.4 Å². The van der Waals surface area contributed by atoms with Crippen LogP contribution in [0.15, 0.2) is 42.1 Å². The molecule has 0 spiro atoms. The van der Waals surface area contributed by atoms with E-state index in [0.29, 0.717) is 11.8 Å². The van der Waals surface area contributed by atoms with Crippen LogP contribution in [-0.4, -0.2) is 56.5 Å². The highest BCUT2D eigenvalue weighted by atomic mass is 32.2. The third kappa shape index (κ3) is 3.27. The van der Waals surface area contributed by atoms with Crippen molar-refractivity contribution in [3.05, 3.63) is 47.8 Å². The number of ether oxygens (including phenoxy) is 1. The summed E-state index contributed by atoms with van der Waals surface area (Å²) in [6.07, 6.45) is 1.51. The van der Waals surface area contributed by atoms with Gasteiger partial charge in [-0.3, -0.25) is 9.59 Å². The average Bonchev–Trinajstić information content (AvgIpc) is 3.45. The van der Waals surface area contributed by atoms with Crippen LogP contribution >= 0.6 is 11.8 Å². The summed E-state index contributed by atoms with van der Waals surface area (Å²) in [7, 11) is 0. The molecule has 0 radical (unpaired) electrons. The first kappa shape index (κ1) is 26.3. The number of aliphatic hydroxyl groups excluding tert-OH is 1. The number of carbonyl (C=O) groups excluding carboxylic acids is 3. The van der Waals surface area contributed by atoms with Gasteiger partial charge in [-0.25, -0.2) is 18.0 Å². The molecule has 0 saturated heterocycles. The number of rotatable bonds is 4. The summed E-state index contributed by atoms with van der Waals surface area (Å²) in [5.41, 5.74) is -7.00. The lowest BCUT2D eigenvalue weighted by Gasteiger charge is -2.63. The molecule has 0 bridgehead atoms. The Morgan fingerprint density at radius 3 is 2.65 bits per heavy atom.